The molecule has 3 nitrogen and oxygen atoms in total. The second kappa shape index (κ2) is 7.17. The molecule has 1 atom stereocenters. The van der Waals surface area contributed by atoms with Crippen LogP contribution in [0.15, 0.2) is 30.3 Å². The number of benzene rings is 1. The zero-order valence-electron chi connectivity index (χ0n) is 11.1. The van der Waals surface area contributed by atoms with Gasteiger partial charge in [0.2, 0.25) is 0 Å². The first-order valence-electron chi connectivity index (χ1n) is 6.62. The third kappa shape index (κ3) is 3.84. The van der Waals surface area contributed by atoms with Crippen LogP contribution in [0.3, 0.4) is 0 Å². The molecule has 3 N–H and O–H groups in total. The molecule has 0 heterocycles. The lowest BCUT2D eigenvalue weighted by Crippen LogP contribution is -2.38. The Bertz CT molecular complexity index is 358. The van der Waals surface area contributed by atoms with Crippen molar-refractivity contribution in [3.63, 3.8) is 0 Å². The molecule has 0 amide bonds. The zero-order chi connectivity index (χ0) is 13.4. The highest BCUT2D eigenvalue weighted by molar-refractivity contribution is 5.74. The first kappa shape index (κ1) is 14.7. The number of unbranched alkanes of at least 4 members (excludes halogenated alkanes) is 1. The monoisotopic (exact) mass is 249 g/mol. The van der Waals surface area contributed by atoms with Crippen LogP contribution in [0.5, 0.6) is 0 Å². The molecule has 1 rings (SSSR count). The summed E-state index contributed by atoms with van der Waals surface area (Å²) in [5, 5.41) is 9.26. The largest absolute Gasteiger partial charge is 0.481 e. The molecule has 18 heavy (non-hydrogen) atoms. The molecule has 0 saturated carbocycles. The normalized spacial score (nSPS) is 14.1. The molecular weight excluding hydrogens is 226 g/mol. The van der Waals surface area contributed by atoms with E-state index in [0.717, 1.165) is 19.3 Å². The zero-order valence-corrected chi connectivity index (χ0v) is 11.1. The van der Waals surface area contributed by atoms with E-state index in [9.17, 15) is 9.90 Å². The second-order valence-electron chi connectivity index (χ2n) is 4.84. The predicted molar refractivity (Wildman–Crippen MR) is 73.4 cm³/mol. The van der Waals surface area contributed by atoms with E-state index in [0.29, 0.717) is 12.8 Å². The summed E-state index contributed by atoms with van der Waals surface area (Å²) in [7, 11) is 0. The Hall–Kier alpha value is -1.35. The van der Waals surface area contributed by atoms with E-state index in [1.807, 2.05) is 25.1 Å². The van der Waals surface area contributed by atoms with Crippen molar-refractivity contribution in [2.45, 2.75) is 39.0 Å². The van der Waals surface area contributed by atoms with Gasteiger partial charge in [-0.1, -0.05) is 43.7 Å². The van der Waals surface area contributed by atoms with Crippen LogP contribution in [-0.2, 0) is 11.2 Å². The van der Waals surface area contributed by atoms with E-state index < -0.39 is 11.4 Å². The molecule has 0 aliphatic heterocycles. The Morgan fingerprint density at radius 2 is 1.94 bits per heavy atom. The Labute approximate surface area is 109 Å². The van der Waals surface area contributed by atoms with Gasteiger partial charge in [0.05, 0.1) is 5.41 Å². The van der Waals surface area contributed by atoms with Gasteiger partial charge >= 0.3 is 5.97 Å². The average molecular weight is 249 g/mol. The van der Waals surface area contributed by atoms with Gasteiger partial charge in [-0.2, -0.15) is 0 Å². The number of aryl methyl sites for hydroxylation is 1. The highest BCUT2D eigenvalue weighted by Gasteiger charge is 2.34. The molecule has 1 aromatic rings. The number of carbonyl (C=O) groups is 1. The van der Waals surface area contributed by atoms with Crippen molar-refractivity contribution in [2.24, 2.45) is 11.1 Å². The van der Waals surface area contributed by atoms with Gasteiger partial charge in [0, 0.05) is 6.54 Å². The van der Waals surface area contributed by atoms with Gasteiger partial charge in [-0.3, -0.25) is 4.79 Å². The summed E-state index contributed by atoms with van der Waals surface area (Å²) in [5.41, 5.74) is 6.21. The average Bonchev–Trinajstić information content (AvgIpc) is 2.40. The Morgan fingerprint density at radius 1 is 1.28 bits per heavy atom. The molecular formula is C15H23NO2. The van der Waals surface area contributed by atoms with Gasteiger partial charge in [-0.05, 0) is 31.2 Å². The molecule has 0 saturated heterocycles. The minimum Gasteiger partial charge on any atom is -0.481 e. The van der Waals surface area contributed by atoms with Gasteiger partial charge in [0.1, 0.15) is 0 Å². The molecule has 0 fully saturated rings. The Kier molecular flexibility index (Phi) is 5.86. The third-order valence-electron chi connectivity index (χ3n) is 3.73. The molecule has 100 valence electrons. The van der Waals surface area contributed by atoms with Gasteiger partial charge in [0.25, 0.3) is 0 Å². The molecule has 1 aromatic carbocycles. The van der Waals surface area contributed by atoms with E-state index in [1.165, 1.54) is 5.56 Å². The van der Waals surface area contributed by atoms with E-state index in [2.05, 4.69) is 12.1 Å². The van der Waals surface area contributed by atoms with Gasteiger partial charge in [0.15, 0.2) is 0 Å². The molecule has 0 aliphatic rings. The van der Waals surface area contributed by atoms with Crippen molar-refractivity contribution in [3.05, 3.63) is 35.9 Å². The molecule has 0 aromatic heterocycles. The van der Waals surface area contributed by atoms with Crippen LogP contribution in [0, 0.1) is 5.41 Å². The summed E-state index contributed by atoms with van der Waals surface area (Å²) in [6, 6.07) is 10.3. The number of carboxylic acid groups (broad SMARTS) is 1. The maximum Gasteiger partial charge on any atom is 0.310 e. The summed E-state index contributed by atoms with van der Waals surface area (Å²) in [6.45, 7) is 2.13. The number of nitrogens with two attached hydrogens (primary N) is 1. The SMILES string of the molecule is CCC(CN)(CCCCc1ccccc1)C(=O)O. The molecule has 0 radical (unpaired) electrons. The van der Waals surface area contributed by atoms with Crippen LogP contribution in [0.2, 0.25) is 0 Å². The van der Waals surface area contributed by atoms with Crippen molar-refractivity contribution >= 4 is 5.97 Å². The molecule has 0 bridgehead atoms. The van der Waals surface area contributed by atoms with Gasteiger partial charge < -0.3 is 10.8 Å². The van der Waals surface area contributed by atoms with Crippen molar-refractivity contribution in [2.75, 3.05) is 6.54 Å². The number of carboxylic acids is 1. The Morgan fingerprint density at radius 3 is 2.44 bits per heavy atom. The summed E-state index contributed by atoms with van der Waals surface area (Å²) in [6.07, 6.45) is 4.20. The molecule has 3 heteroatoms. The maximum atomic E-state index is 11.3. The van der Waals surface area contributed by atoms with Crippen molar-refractivity contribution in [1.82, 2.24) is 0 Å². The fourth-order valence-electron chi connectivity index (χ4n) is 2.21. The van der Waals surface area contributed by atoms with E-state index in [4.69, 9.17) is 5.73 Å². The number of hydrogen-bond donors (Lipinski definition) is 2. The summed E-state index contributed by atoms with van der Waals surface area (Å²) in [5.74, 6) is -0.757. The van der Waals surface area contributed by atoms with Crippen LogP contribution in [0.25, 0.3) is 0 Å². The number of aliphatic carboxylic acids is 1. The standard InChI is InChI=1S/C15H23NO2/c1-2-15(12-16,14(17)18)11-7-6-10-13-8-4-3-5-9-13/h3-5,8-9H,2,6-7,10-12,16H2,1H3,(H,17,18). The fourth-order valence-corrected chi connectivity index (χ4v) is 2.21. The summed E-state index contributed by atoms with van der Waals surface area (Å²) < 4.78 is 0. The van der Waals surface area contributed by atoms with Crippen LogP contribution in [-0.4, -0.2) is 17.6 Å². The van der Waals surface area contributed by atoms with Crippen LogP contribution in [0.1, 0.15) is 38.2 Å². The van der Waals surface area contributed by atoms with E-state index in [1.54, 1.807) is 0 Å². The highest BCUT2D eigenvalue weighted by Crippen LogP contribution is 2.28. The van der Waals surface area contributed by atoms with Crippen molar-refractivity contribution in [3.8, 4) is 0 Å². The number of hydrogen-bond acceptors (Lipinski definition) is 2. The first-order chi connectivity index (χ1) is 8.64. The Balaban J connectivity index is 2.38. The number of rotatable bonds is 8. The lowest BCUT2D eigenvalue weighted by Gasteiger charge is -2.26. The summed E-state index contributed by atoms with van der Waals surface area (Å²) in [4.78, 5) is 11.3. The van der Waals surface area contributed by atoms with Crippen molar-refractivity contribution < 1.29 is 9.90 Å². The third-order valence-corrected chi connectivity index (χ3v) is 3.73. The van der Waals surface area contributed by atoms with E-state index >= 15 is 0 Å². The summed E-state index contributed by atoms with van der Waals surface area (Å²) >= 11 is 0. The van der Waals surface area contributed by atoms with Crippen molar-refractivity contribution in [1.29, 1.82) is 0 Å². The van der Waals surface area contributed by atoms with Crippen LogP contribution in [0.4, 0.5) is 0 Å². The minimum absolute atomic E-state index is 0.226. The quantitative estimate of drug-likeness (QED) is 0.696. The molecule has 1 unspecified atom stereocenters. The molecule has 0 aliphatic carbocycles. The lowest BCUT2D eigenvalue weighted by atomic mass is 9.80. The fraction of sp³-hybridized carbons (Fsp3) is 0.533. The predicted octanol–water partition coefficient (Wildman–Crippen LogP) is 2.84. The topological polar surface area (TPSA) is 63.3 Å². The van der Waals surface area contributed by atoms with Crippen LogP contribution < -0.4 is 5.73 Å². The van der Waals surface area contributed by atoms with Gasteiger partial charge in [-0.25, -0.2) is 0 Å². The lowest BCUT2D eigenvalue weighted by molar-refractivity contribution is -0.149. The maximum absolute atomic E-state index is 11.3. The first-order valence-corrected chi connectivity index (χ1v) is 6.62. The second-order valence-corrected chi connectivity index (χ2v) is 4.84. The highest BCUT2D eigenvalue weighted by atomic mass is 16.4. The minimum atomic E-state index is -0.757. The smallest absolute Gasteiger partial charge is 0.310 e. The molecule has 0 spiro atoms. The van der Waals surface area contributed by atoms with E-state index in [-0.39, 0.29) is 6.54 Å². The van der Waals surface area contributed by atoms with Crippen LogP contribution >= 0.6 is 0 Å². The van der Waals surface area contributed by atoms with Gasteiger partial charge in [-0.15, -0.1) is 0 Å².